The number of nitrogens with one attached hydrogen (secondary N) is 1. The maximum Gasteiger partial charge on any atom is 0.252 e. The highest BCUT2D eigenvalue weighted by Crippen LogP contribution is 2.43. The van der Waals surface area contributed by atoms with Gasteiger partial charge in [-0.15, -0.1) is 0 Å². The molecule has 1 heterocycles. The van der Waals surface area contributed by atoms with Gasteiger partial charge in [0.15, 0.2) is 0 Å². The van der Waals surface area contributed by atoms with Crippen molar-refractivity contribution in [2.45, 2.75) is 33.2 Å². The number of hydrogen-bond donors (Lipinski definition) is 1. The Morgan fingerprint density at radius 2 is 1.68 bits per heavy atom. The minimum atomic E-state index is -0.919. The van der Waals surface area contributed by atoms with Crippen LogP contribution in [0.2, 0.25) is 0 Å². The van der Waals surface area contributed by atoms with Crippen LogP contribution in [0.4, 0.5) is 0 Å². The Hall–Kier alpha value is -3.13. The molecule has 1 unspecified atom stereocenters. The molecule has 2 heteroatoms. The zero-order valence-corrected chi connectivity index (χ0v) is 17.5. The molecule has 1 aliphatic rings. The highest BCUT2D eigenvalue weighted by atomic mass is 16.2. The molecule has 0 aromatic rings. The summed E-state index contributed by atoms with van der Waals surface area (Å²) in [6.07, 6.45) is 18.7. The smallest absolute Gasteiger partial charge is 0.252 e. The molecule has 0 spiro atoms. The summed E-state index contributed by atoms with van der Waals surface area (Å²) in [6, 6.07) is 0. The zero-order chi connectivity index (χ0) is 21.3. The van der Waals surface area contributed by atoms with Crippen molar-refractivity contribution in [1.82, 2.24) is 5.32 Å². The van der Waals surface area contributed by atoms with Crippen LogP contribution in [0.25, 0.3) is 0 Å². The van der Waals surface area contributed by atoms with E-state index in [9.17, 15) is 4.79 Å². The van der Waals surface area contributed by atoms with Gasteiger partial charge in [0.05, 0.1) is 0 Å². The first kappa shape index (κ1) is 22.9. The average molecular weight is 374 g/mol. The van der Waals surface area contributed by atoms with E-state index in [4.69, 9.17) is 0 Å². The molecule has 0 aromatic carbocycles. The molecule has 1 aliphatic heterocycles. The molecule has 1 amide bonds. The number of amides is 1. The van der Waals surface area contributed by atoms with Gasteiger partial charge in [0.25, 0.3) is 5.91 Å². The minimum absolute atomic E-state index is 0.148. The number of rotatable bonds is 8. The van der Waals surface area contributed by atoms with Gasteiger partial charge in [0.1, 0.15) is 5.54 Å². The second-order valence-corrected chi connectivity index (χ2v) is 6.55. The Labute approximate surface area is 170 Å². The maximum absolute atomic E-state index is 12.8. The summed E-state index contributed by atoms with van der Waals surface area (Å²) >= 11 is 0. The van der Waals surface area contributed by atoms with E-state index in [0.717, 1.165) is 27.9 Å². The molecule has 0 saturated carbocycles. The first-order chi connectivity index (χ1) is 13.3. The maximum atomic E-state index is 12.8. The van der Waals surface area contributed by atoms with Crippen molar-refractivity contribution in [3.8, 4) is 0 Å². The fourth-order valence-corrected chi connectivity index (χ4v) is 3.00. The first-order valence-electron chi connectivity index (χ1n) is 9.29. The largest absolute Gasteiger partial charge is 0.334 e. The molecule has 0 aromatic heterocycles. The summed E-state index contributed by atoms with van der Waals surface area (Å²) in [5.41, 5.74) is 4.16. The number of carbonyl (C=O) groups excluding carboxylic acids is 1. The van der Waals surface area contributed by atoms with Gasteiger partial charge >= 0.3 is 0 Å². The third-order valence-corrected chi connectivity index (χ3v) is 4.80. The van der Waals surface area contributed by atoms with E-state index in [1.165, 1.54) is 0 Å². The van der Waals surface area contributed by atoms with E-state index in [1.807, 2.05) is 70.2 Å². The summed E-state index contributed by atoms with van der Waals surface area (Å²) in [4.78, 5) is 12.8. The number of carbonyl (C=O) groups is 1. The Kier molecular flexibility index (Phi) is 8.40. The lowest BCUT2D eigenvalue weighted by Gasteiger charge is -2.33. The third kappa shape index (κ3) is 4.58. The Morgan fingerprint density at radius 3 is 2.18 bits per heavy atom. The SMILES string of the molecule is C=CC=C1/C(=C\C)C(=O)NC1(C(=C)/C=C\C(C)=C/C)/C(C=C)=C/C=C(/C)C=C. The zero-order valence-electron chi connectivity index (χ0n) is 17.5. The second kappa shape index (κ2) is 10.3. The van der Waals surface area contributed by atoms with Crippen LogP contribution in [0.15, 0.2) is 121 Å². The van der Waals surface area contributed by atoms with Crippen LogP contribution in [0, 0.1) is 0 Å². The van der Waals surface area contributed by atoms with Gasteiger partial charge in [-0.1, -0.05) is 98.2 Å². The van der Waals surface area contributed by atoms with Crippen LogP contribution in [-0.4, -0.2) is 11.4 Å². The topological polar surface area (TPSA) is 29.1 Å². The van der Waals surface area contributed by atoms with Gasteiger partial charge in [-0.25, -0.2) is 0 Å². The standard InChI is InChI=1S/C26H31NO/c1-9-14-24-23(13-5)25(28)27-26(24,21(8)17-15-19(6)10-2)22(12-4)18-16-20(7)11-3/h9-18H,1,3-4,8H2,2,5-7H3,(H,27,28)/b17-15-,19-10-,20-16-,22-18+,23-13+,24-14?. The van der Waals surface area contributed by atoms with Gasteiger partial charge < -0.3 is 5.32 Å². The molecule has 1 N–H and O–H groups in total. The lowest BCUT2D eigenvalue weighted by molar-refractivity contribution is -0.116. The van der Waals surface area contributed by atoms with Crippen LogP contribution in [0.3, 0.4) is 0 Å². The van der Waals surface area contributed by atoms with Gasteiger partial charge in [0, 0.05) is 5.57 Å². The molecular weight excluding hydrogens is 342 g/mol. The van der Waals surface area contributed by atoms with E-state index >= 15 is 0 Å². The predicted octanol–water partition coefficient (Wildman–Crippen LogP) is 6.24. The Balaban J connectivity index is 3.84. The lowest BCUT2D eigenvalue weighted by atomic mass is 9.75. The molecule has 1 rings (SSSR count). The monoisotopic (exact) mass is 373 g/mol. The molecule has 1 atom stereocenters. The first-order valence-corrected chi connectivity index (χ1v) is 9.29. The van der Waals surface area contributed by atoms with E-state index < -0.39 is 5.54 Å². The van der Waals surface area contributed by atoms with Gasteiger partial charge in [-0.05, 0) is 44.4 Å². The van der Waals surface area contributed by atoms with Crippen molar-refractivity contribution in [2.24, 2.45) is 0 Å². The van der Waals surface area contributed by atoms with Crippen molar-refractivity contribution < 1.29 is 4.79 Å². The Morgan fingerprint density at radius 1 is 1.00 bits per heavy atom. The molecular formula is C26H31NO. The summed E-state index contributed by atoms with van der Waals surface area (Å²) < 4.78 is 0. The molecule has 1 saturated heterocycles. The second-order valence-electron chi connectivity index (χ2n) is 6.55. The molecule has 1 fully saturated rings. The van der Waals surface area contributed by atoms with Crippen molar-refractivity contribution in [3.05, 3.63) is 121 Å². The molecule has 0 radical (unpaired) electrons. The lowest BCUT2D eigenvalue weighted by Crippen LogP contribution is -2.45. The van der Waals surface area contributed by atoms with Gasteiger partial charge in [-0.3, -0.25) is 4.79 Å². The fraction of sp³-hybridized carbons (Fsp3) is 0.192. The van der Waals surface area contributed by atoms with Gasteiger partial charge in [-0.2, -0.15) is 0 Å². The van der Waals surface area contributed by atoms with Crippen molar-refractivity contribution in [2.75, 3.05) is 0 Å². The molecule has 2 nitrogen and oxygen atoms in total. The molecule has 28 heavy (non-hydrogen) atoms. The summed E-state index contributed by atoms with van der Waals surface area (Å²) in [6.45, 7) is 23.7. The van der Waals surface area contributed by atoms with E-state index in [-0.39, 0.29) is 5.91 Å². The number of hydrogen-bond acceptors (Lipinski definition) is 1. The van der Waals surface area contributed by atoms with Crippen LogP contribution in [0.1, 0.15) is 27.7 Å². The van der Waals surface area contributed by atoms with E-state index in [1.54, 1.807) is 18.2 Å². The van der Waals surface area contributed by atoms with Crippen LogP contribution in [0.5, 0.6) is 0 Å². The Bertz CT molecular complexity index is 868. The van der Waals surface area contributed by atoms with Crippen LogP contribution in [-0.2, 0) is 4.79 Å². The minimum Gasteiger partial charge on any atom is -0.334 e. The third-order valence-electron chi connectivity index (χ3n) is 4.80. The number of allylic oxidation sites excluding steroid dienone is 10. The van der Waals surface area contributed by atoms with E-state index in [0.29, 0.717) is 5.57 Å². The van der Waals surface area contributed by atoms with Crippen LogP contribution >= 0.6 is 0 Å². The molecule has 0 bridgehead atoms. The van der Waals surface area contributed by atoms with E-state index in [2.05, 4.69) is 31.6 Å². The van der Waals surface area contributed by atoms with Crippen molar-refractivity contribution in [3.63, 3.8) is 0 Å². The molecule has 146 valence electrons. The summed E-state index contributed by atoms with van der Waals surface area (Å²) in [5.74, 6) is -0.148. The quantitative estimate of drug-likeness (QED) is 0.396. The summed E-state index contributed by atoms with van der Waals surface area (Å²) in [7, 11) is 0. The van der Waals surface area contributed by atoms with Crippen LogP contribution < -0.4 is 5.32 Å². The van der Waals surface area contributed by atoms with Gasteiger partial charge in [0.2, 0.25) is 0 Å². The normalized spacial score (nSPS) is 24.0. The highest BCUT2D eigenvalue weighted by molar-refractivity contribution is 6.05. The average Bonchev–Trinajstić information content (AvgIpc) is 2.98. The summed E-state index contributed by atoms with van der Waals surface area (Å²) in [5, 5.41) is 3.15. The predicted molar refractivity (Wildman–Crippen MR) is 123 cm³/mol. The van der Waals surface area contributed by atoms with Crippen molar-refractivity contribution in [1.29, 1.82) is 0 Å². The fourth-order valence-electron chi connectivity index (χ4n) is 3.00. The highest BCUT2D eigenvalue weighted by Gasteiger charge is 2.48. The van der Waals surface area contributed by atoms with Crippen molar-refractivity contribution >= 4 is 5.91 Å². The molecule has 0 aliphatic carbocycles.